The minimum absolute atomic E-state index is 0.241. The molecule has 1 spiro atoms. The van der Waals surface area contributed by atoms with Gasteiger partial charge in [-0.25, -0.2) is 0 Å². The van der Waals surface area contributed by atoms with Gasteiger partial charge in [0.2, 0.25) is 0 Å². The van der Waals surface area contributed by atoms with Crippen LogP contribution in [-0.2, 0) is 4.74 Å². The molecule has 2 aliphatic rings. The maximum Gasteiger partial charge on any atom is 0.0685 e. The third kappa shape index (κ3) is 3.45. The average Bonchev–Trinajstić information content (AvgIpc) is 2.77. The van der Waals surface area contributed by atoms with Crippen LogP contribution in [0.1, 0.15) is 71.1 Å². The van der Waals surface area contributed by atoms with Crippen molar-refractivity contribution in [3.8, 4) is 0 Å². The van der Waals surface area contributed by atoms with Crippen LogP contribution in [0.5, 0.6) is 0 Å². The lowest BCUT2D eigenvalue weighted by Crippen LogP contribution is -2.43. The first kappa shape index (κ1) is 13.4. The Kier molecular flexibility index (Phi) is 4.87. The summed E-state index contributed by atoms with van der Waals surface area (Å²) >= 11 is 0. The predicted molar refractivity (Wildman–Crippen MR) is 72.0 cm³/mol. The monoisotopic (exact) mass is 239 g/mol. The standard InChI is InChI=1S/C15H29NO/c1-2-3-4-7-14(16)13-8-11-17-15(12-13)9-5-6-10-15/h13-14H,2-12,16H2,1H3. The maximum absolute atomic E-state index is 6.38. The summed E-state index contributed by atoms with van der Waals surface area (Å²) in [6.07, 6.45) is 12.9. The minimum atomic E-state index is 0.241. The fraction of sp³-hybridized carbons (Fsp3) is 1.00. The van der Waals surface area contributed by atoms with Gasteiger partial charge in [-0.1, -0.05) is 39.0 Å². The lowest BCUT2D eigenvalue weighted by molar-refractivity contribution is -0.0965. The normalized spacial score (nSPS) is 29.6. The summed E-state index contributed by atoms with van der Waals surface area (Å²) in [5.41, 5.74) is 6.63. The van der Waals surface area contributed by atoms with E-state index in [0.717, 1.165) is 12.5 Å². The quantitative estimate of drug-likeness (QED) is 0.743. The fourth-order valence-electron chi connectivity index (χ4n) is 3.66. The van der Waals surface area contributed by atoms with Crippen molar-refractivity contribution in [1.82, 2.24) is 0 Å². The molecule has 0 aromatic carbocycles. The Morgan fingerprint density at radius 3 is 2.76 bits per heavy atom. The smallest absolute Gasteiger partial charge is 0.0685 e. The van der Waals surface area contributed by atoms with Crippen LogP contribution in [0, 0.1) is 5.92 Å². The number of unbranched alkanes of at least 4 members (excludes halogenated alkanes) is 2. The van der Waals surface area contributed by atoms with E-state index in [2.05, 4.69) is 6.92 Å². The van der Waals surface area contributed by atoms with Crippen LogP contribution in [0.2, 0.25) is 0 Å². The average molecular weight is 239 g/mol. The van der Waals surface area contributed by atoms with Crippen molar-refractivity contribution in [2.24, 2.45) is 11.7 Å². The summed E-state index contributed by atoms with van der Waals surface area (Å²) in [4.78, 5) is 0. The van der Waals surface area contributed by atoms with E-state index >= 15 is 0 Å². The molecular formula is C15H29NO. The molecule has 100 valence electrons. The topological polar surface area (TPSA) is 35.2 Å². The summed E-state index contributed by atoms with van der Waals surface area (Å²) in [6.45, 7) is 3.21. The summed E-state index contributed by atoms with van der Waals surface area (Å²) in [5, 5.41) is 0. The minimum Gasteiger partial charge on any atom is -0.375 e. The summed E-state index contributed by atoms with van der Waals surface area (Å²) in [6, 6.07) is 0.419. The highest BCUT2D eigenvalue weighted by Crippen LogP contribution is 2.42. The molecule has 1 saturated heterocycles. The van der Waals surface area contributed by atoms with E-state index in [0.29, 0.717) is 6.04 Å². The molecule has 1 aliphatic carbocycles. The largest absolute Gasteiger partial charge is 0.375 e. The molecule has 0 bridgehead atoms. The van der Waals surface area contributed by atoms with Crippen LogP contribution < -0.4 is 5.73 Å². The Labute approximate surface area is 106 Å². The van der Waals surface area contributed by atoms with E-state index in [1.165, 1.54) is 64.2 Å². The van der Waals surface area contributed by atoms with E-state index in [-0.39, 0.29) is 5.60 Å². The fourth-order valence-corrected chi connectivity index (χ4v) is 3.66. The van der Waals surface area contributed by atoms with Gasteiger partial charge in [-0.3, -0.25) is 0 Å². The Bertz CT molecular complexity index is 223. The van der Waals surface area contributed by atoms with Gasteiger partial charge < -0.3 is 10.5 Å². The van der Waals surface area contributed by atoms with Crippen molar-refractivity contribution >= 4 is 0 Å². The molecule has 0 aromatic heterocycles. The highest BCUT2D eigenvalue weighted by atomic mass is 16.5. The molecule has 17 heavy (non-hydrogen) atoms. The molecular weight excluding hydrogens is 210 g/mol. The van der Waals surface area contributed by atoms with Gasteiger partial charge in [0.25, 0.3) is 0 Å². The number of hydrogen-bond acceptors (Lipinski definition) is 2. The van der Waals surface area contributed by atoms with Crippen molar-refractivity contribution < 1.29 is 4.74 Å². The van der Waals surface area contributed by atoms with Crippen molar-refractivity contribution in [1.29, 1.82) is 0 Å². The highest BCUT2D eigenvalue weighted by Gasteiger charge is 2.41. The number of hydrogen-bond donors (Lipinski definition) is 1. The van der Waals surface area contributed by atoms with Crippen LogP contribution in [0.15, 0.2) is 0 Å². The SMILES string of the molecule is CCCCCC(N)C1CCOC2(CCCC2)C1. The van der Waals surface area contributed by atoms with Gasteiger partial charge >= 0.3 is 0 Å². The van der Waals surface area contributed by atoms with Crippen molar-refractivity contribution in [2.45, 2.75) is 82.8 Å². The second kappa shape index (κ2) is 6.19. The third-order valence-electron chi connectivity index (χ3n) is 4.79. The van der Waals surface area contributed by atoms with Gasteiger partial charge in [0, 0.05) is 12.6 Å². The number of ether oxygens (including phenoxy) is 1. The zero-order valence-electron chi connectivity index (χ0n) is 11.4. The van der Waals surface area contributed by atoms with E-state index in [1.807, 2.05) is 0 Å². The van der Waals surface area contributed by atoms with Crippen molar-refractivity contribution in [3.63, 3.8) is 0 Å². The van der Waals surface area contributed by atoms with Crippen LogP contribution in [0.4, 0.5) is 0 Å². The van der Waals surface area contributed by atoms with E-state index in [9.17, 15) is 0 Å². The van der Waals surface area contributed by atoms with Gasteiger partial charge in [-0.15, -0.1) is 0 Å². The second-order valence-electron chi connectivity index (χ2n) is 6.15. The van der Waals surface area contributed by atoms with Gasteiger partial charge in [0.05, 0.1) is 5.60 Å². The predicted octanol–water partition coefficient (Wildman–Crippen LogP) is 3.63. The van der Waals surface area contributed by atoms with E-state index < -0.39 is 0 Å². The zero-order chi connectivity index (χ0) is 12.1. The Morgan fingerprint density at radius 1 is 1.29 bits per heavy atom. The lowest BCUT2D eigenvalue weighted by Gasteiger charge is -2.40. The molecule has 2 heteroatoms. The van der Waals surface area contributed by atoms with Gasteiger partial charge in [0.15, 0.2) is 0 Å². The van der Waals surface area contributed by atoms with Crippen molar-refractivity contribution in [3.05, 3.63) is 0 Å². The Balaban J connectivity index is 1.79. The van der Waals surface area contributed by atoms with E-state index in [4.69, 9.17) is 10.5 Å². The molecule has 2 fully saturated rings. The second-order valence-corrected chi connectivity index (χ2v) is 6.15. The molecule has 1 aliphatic heterocycles. The molecule has 0 amide bonds. The van der Waals surface area contributed by atoms with Crippen LogP contribution in [0.3, 0.4) is 0 Å². The van der Waals surface area contributed by atoms with Crippen molar-refractivity contribution in [2.75, 3.05) is 6.61 Å². The zero-order valence-corrected chi connectivity index (χ0v) is 11.4. The molecule has 2 nitrogen and oxygen atoms in total. The first-order valence-corrected chi connectivity index (χ1v) is 7.65. The van der Waals surface area contributed by atoms with Crippen LogP contribution >= 0.6 is 0 Å². The first-order chi connectivity index (χ1) is 8.26. The third-order valence-corrected chi connectivity index (χ3v) is 4.79. The number of rotatable bonds is 5. The number of nitrogens with two attached hydrogens (primary N) is 1. The summed E-state index contributed by atoms with van der Waals surface area (Å²) in [7, 11) is 0. The van der Waals surface area contributed by atoms with Gasteiger partial charge in [-0.05, 0) is 38.0 Å². The molecule has 1 saturated carbocycles. The Hall–Kier alpha value is -0.0800. The molecule has 2 rings (SSSR count). The summed E-state index contributed by atoms with van der Waals surface area (Å²) < 4.78 is 6.08. The highest BCUT2D eigenvalue weighted by molar-refractivity contribution is 4.93. The van der Waals surface area contributed by atoms with Crippen LogP contribution in [0.25, 0.3) is 0 Å². The molecule has 0 radical (unpaired) electrons. The van der Waals surface area contributed by atoms with Gasteiger partial charge in [-0.2, -0.15) is 0 Å². The lowest BCUT2D eigenvalue weighted by atomic mass is 9.79. The maximum atomic E-state index is 6.38. The van der Waals surface area contributed by atoms with Crippen LogP contribution in [-0.4, -0.2) is 18.2 Å². The van der Waals surface area contributed by atoms with Gasteiger partial charge in [0.1, 0.15) is 0 Å². The molecule has 1 heterocycles. The molecule has 2 N–H and O–H groups in total. The summed E-state index contributed by atoms with van der Waals surface area (Å²) in [5.74, 6) is 0.721. The van der Waals surface area contributed by atoms with E-state index in [1.54, 1.807) is 0 Å². The first-order valence-electron chi connectivity index (χ1n) is 7.65. The Morgan fingerprint density at radius 2 is 2.06 bits per heavy atom. The molecule has 2 unspecified atom stereocenters. The molecule has 0 aromatic rings. The molecule has 2 atom stereocenters.